The Kier molecular flexibility index (Phi) is 7.87. The highest BCUT2D eigenvalue weighted by atomic mass is 16.6. The highest BCUT2D eigenvalue weighted by Crippen LogP contribution is 2.52. The molecule has 2 aliphatic rings. The smallest absolute Gasteiger partial charge is 0.388 e. The monoisotopic (exact) mass is 612 g/mol. The van der Waals surface area contributed by atoms with Crippen LogP contribution in [0.2, 0.25) is 0 Å². The Morgan fingerprint density at radius 3 is 2.27 bits per heavy atom. The van der Waals surface area contributed by atoms with Crippen LogP contribution in [-0.4, -0.2) is 67.7 Å². The SMILES string of the molecule is CC[C@@]12CN(C(=O)NC)[C@@H]([C@H](n3cnc4c(OC(=O)N(c5ccccc5)c5ccccc5)nc(NC(=O)C(C)C)nc43)O1)[C@@H]2C. The number of hydrogen-bond donors (Lipinski definition) is 2. The number of rotatable bonds is 7. The molecule has 6 rings (SSSR count). The van der Waals surface area contributed by atoms with Gasteiger partial charge in [0.25, 0.3) is 5.88 Å². The summed E-state index contributed by atoms with van der Waals surface area (Å²) in [4.78, 5) is 56.3. The minimum absolute atomic E-state index is 0.0202. The van der Waals surface area contributed by atoms with Crippen molar-refractivity contribution in [1.82, 2.24) is 29.7 Å². The number of nitrogens with one attached hydrogen (secondary N) is 2. The van der Waals surface area contributed by atoms with Crippen LogP contribution in [0.25, 0.3) is 11.2 Å². The van der Waals surface area contributed by atoms with Gasteiger partial charge in [-0.1, -0.05) is 64.1 Å². The molecule has 0 radical (unpaired) electrons. The first-order chi connectivity index (χ1) is 21.7. The van der Waals surface area contributed by atoms with Crippen molar-refractivity contribution in [3.8, 4) is 5.88 Å². The largest absolute Gasteiger partial charge is 0.425 e. The number of imidazole rings is 1. The van der Waals surface area contributed by atoms with E-state index in [2.05, 4.69) is 32.5 Å². The zero-order chi connectivity index (χ0) is 31.9. The van der Waals surface area contributed by atoms with E-state index in [0.29, 0.717) is 24.3 Å². The number of anilines is 3. The quantitative estimate of drug-likeness (QED) is 0.294. The molecule has 0 unspecified atom stereocenters. The Labute approximate surface area is 260 Å². The maximum absolute atomic E-state index is 13.9. The van der Waals surface area contributed by atoms with Crippen molar-refractivity contribution < 1.29 is 23.9 Å². The van der Waals surface area contributed by atoms with Crippen molar-refractivity contribution in [3.63, 3.8) is 0 Å². The average Bonchev–Trinajstić information content (AvgIpc) is 3.69. The van der Waals surface area contributed by atoms with Gasteiger partial charge in [-0.25, -0.2) is 19.5 Å². The van der Waals surface area contributed by atoms with E-state index in [9.17, 15) is 14.4 Å². The van der Waals surface area contributed by atoms with Crippen LogP contribution in [0.3, 0.4) is 0 Å². The highest BCUT2D eigenvalue weighted by Gasteiger charge is 2.62. The third-order valence-corrected chi connectivity index (χ3v) is 8.68. The minimum atomic E-state index is -0.733. The van der Waals surface area contributed by atoms with E-state index >= 15 is 0 Å². The normalized spacial score (nSPS) is 22.1. The number of benzene rings is 2. The third kappa shape index (κ3) is 5.22. The van der Waals surface area contributed by atoms with Gasteiger partial charge in [0.1, 0.15) is 0 Å². The molecule has 234 valence electrons. The van der Waals surface area contributed by atoms with Gasteiger partial charge >= 0.3 is 12.1 Å². The number of carbonyl (C=O) groups is 3. The lowest BCUT2D eigenvalue weighted by molar-refractivity contribution is -0.122. The van der Waals surface area contributed by atoms with Crippen molar-refractivity contribution in [2.24, 2.45) is 11.8 Å². The van der Waals surface area contributed by atoms with E-state index in [1.807, 2.05) is 43.3 Å². The first-order valence-corrected chi connectivity index (χ1v) is 15.0. The van der Waals surface area contributed by atoms with Crippen molar-refractivity contribution in [3.05, 3.63) is 67.0 Å². The zero-order valence-electron chi connectivity index (χ0n) is 25.8. The molecule has 4 heterocycles. The van der Waals surface area contributed by atoms with Crippen molar-refractivity contribution in [1.29, 1.82) is 0 Å². The van der Waals surface area contributed by atoms with Crippen LogP contribution in [0.1, 0.15) is 40.3 Å². The molecule has 45 heavy (non-hydrogen) atoms. The third-order valence-electron chi connectivity index (χ3n) is 8.68. The molecule has 2 N–H and O–H groups in total. The Morgan fingerprint density at radius 1 is 1.07 bits per heavy atom. The van der Waals surface area contributed by atoms with E-state index in [-0.39, 0.29) is 52.8 Å². The number of urea groups is 1. The highest BCUT2D eigenvalue weighted by molar-refractivity contribution is 5.98. The number of nitrogens with zero attached hydrogens (tertiary/aromatic N) is 6. The van der Waals surface area contributed by atoms with Crippen molar-refractivity contribution in [2.45, 2.75) is 52.0 Å². The molecule has 2 aromatic carbocycles. The molecule has 0 saturated carbocycles. The van der Waals surface area contributed by atoms with E-state index in [0.717, 1.165) is 0 Å². The fourth-order valence-corrected chi connectivity index (χ4v) is 6.16. The molecule has 4 atom stereocenters. The summed E-state index contributed by atoms with van der Waals surface area (Å²) < 4.78 is 14.3. The van der Waals surface area contributed by atoms with Gasteiger partial charge in [0.15, 0.2) is 17.4 Å². The van der Waals surface area contributed by atoms with E-state index < -0.39 is 17.9 Å². The summed E-state index contributed by atoms with van der Waals surface area (Å²) in [6.45, 7) is 8.08. The van der Waals surface area contributed by atoms with Gasteiger partial charge in [-0.05, 0) is 30.7 Å². The van der Waals surface area contributed by atoms with Gasteiger partial charge in [-0.15, -0.1) is 0 Å². The molecule has 2 fully saturated rings. The van der Waals surface area contributed by atoms with Crippen LogP contribution in [0.15, 0.2) is 67.0 Å². The van der Waals surface area contributed by atoms with E-state index in [1.54, 1.807) is 61.0 Å². The first kappa shape index (κ1) is 30.0. The summed E-state index contributed by atoms with van der Waals surface area (Å²) in [6.07, 6.45) is 0.876. The first-order valence-electron chi connectivity index (χ1n) is 15.0. The Morgan fingerprint density at radius 2 is 1.71 bits per heavy atom. The van der Waals surface area contributed by atoms with Crippen LogP contribution >= 0.6 is 0 Å². The van der Waals surface area contributed by atoms with Crippen LogP contribution in [0.5, 0.6) is 5.88 Å². The lowest BCUT2D eigenvalue weighted by Crippen LogP contribution is -2.50. The number of para-hydroxylation sites is 2. The number of amides is 4. The molecule has 0 spiro atoms. The molecular weight excluding hydrogens is 576 g/mol. The van der Waals surface area contributed by atoms with E-state index in [1.165, 1.54) is 4.90 Å². The Balaban J connectivity index is 1.43. The predicted molar refractivity (Wildman–Crippen MR) is 167 cm³/mol. The summed E-state index contributed by atoms with van der Waals surface area (Å²) in [5, 5.41) is 5.46. The fourth-order valence-electron chi connectivity index (χ4n) is 6.16. The molecule has 4 aromatic rings. The van der Waals surface area contributed by atoms with Gasteiger partial charge < -0.3 is 19.7 Å². The molecule has 13 nitrogen and oxygen atoms in total. The maximum atomic E-state index is 13.9. The number of hydrogen-bond acceptors (Lipinski definition) is 8. The van der Waals surface area contributed by atoms with Gasteiger partial charge in [-0.3, -0.25) is 14.7 Å². The van der Waals surface area contributed by atoms with Crippen molar-refractivity contribution >= 4 is 46.5 Å². The fraction of sp³-hybridized carbons (Fsp3) is 0.375. The summed E-state index contributed by atoms with van der Waals surface area (Å²) in [5.41, 5.74) is 1.10. The van der Waals surface area contributed by atoms with Gasteiger partial charge in [0, 0.05) is 18.9 Å². The lowest BCUT2D eigenvalue weighted by atomic mass is 9.88. The standard InChI is InChI=1S/C32H36N8O5/c1-6-32-17-38(30(42)33-5)24(20(32)4)28(45-32)39-18-34-23-25(39)35-29(36-26(41)19(2)3)37-27(23)44-31(43)40(21-13-9-7-10-14-21)22-15-11-8-12-16-22/h7-16,18-20,24,28H,6,17H2,1-5H3,(H,33,42)(H,35,36,37,41)/t20-,24+,28+,32-/m0/s1. The van der Waals surface area contributed by atoms with Gasteiger partial charge in [-0.2, -0.15) is 9.97 Å². The zero-order valence-corrected chi connectivity index (χ0v) is 25.8. The lowest BCUT2D eigenvalue weighted by Gasteiger charge is -2.37. The predicted octanol–water partition coefficient (Wildman–Crippen LogP) is 5.10. The summed E-state index contributed by atoms with van der Waals surface area (Å²) in [6, 6.07) is 17.7. The van der Waals surface area contributed by atoms with E-state index in [4.69, 9.17) is 9.47 Å². The van der Waals surface area contributed by atoms with Gasteiger partial charge in [0.2, 0.25) is 11.9 Å². The molecule has 2 bridgehead atoms. The number of aromatic nitrogens is 4. The van der Waals surface area contributed by atoms with Crippen LogP contribution < -0.4 is 20.3 Å². The molecule has 2 saturated heterocycles. The molecule has 2 aromatic heterocycles. The number of fused-ring (bicyclic) bond motifs is 3. The Hall–Kier alpha value is -5.04. The number of carbonyl (C=O) groups excluding carboxylic acids is 3. The van der Waals surface area contributed by atoms with Crippen LogP contribution in [0, 0.1) is 11.8 Å². The molecular formula is C32H36N8O5. The topological polar surface area (TPSA) is 144 Å². The van der Waals surface area contributed by atoms with Crippen LogP contribution in [0.4, 0.5) is 26.9 Å². The molecule has 0 aliphatic carbocycles. The number of ether oxygens (including phenoxy) is 2. The second-order valence-corrected chi connectivity index (χ2v) is 11.6. The summed E-state index contributed by atoms with van der Waals surface area (Å²) >= 11 is 0. The van der Waals surface area contributed by atoms with Crippen molar-refractivity contribution in [2.75, 3.05) is 23.8 Å². The summed E-state index contributed by atoms with van der Waals surface area (Å²) in [5.74, 6) is -0.835. The molecule has 13 heteroatoms. The minimum Gasteiger partial charge on any atom is -0.388 e. The van der Waals surface area contributed by atoms with Crippen LogP contribution in [-0.2, 0) is 9.53 Å². The second-order valence-electron chi connectivity index (χ2n) is 11.6. The number of morpholine rings is 1. The average molecular weight is 613 g/mol. The number of likely N-dealkylation sites (tertiary alicyclic amines) is 1. The maximum Gasteiger partial charge on any atom is 0.425 e. The summed E-state index contributed by atoms with van der Waals surface area (Å²) in [7, 11) is 1.60. The second kappa shape index (κ2) is 11.8. The Bertz CT molecular complexity index is 1690. The van der Waals surface area contributed by atoms with Gasteiger partial charge in [0.05, 0.1) is 35.9 Å². The molecule has 2 aliphatic heterocycles. The molecule has 4 amide bonds.